The maximum absolute atomic E-state index is 12.7. The van der Waals surface area contributed by atoms with Crippen LogP contribution in [0.3, 0.4) is 0 Å². The van der Waals surface area contributed by atoms with Gasteiger partial charge in [-0.3, -0.25) is 4.79 Å². The van der Waals surface area contributed by atoms with E-state index in [1.54, 1.807) is 0 Å². The predicted octanol–water partition coefficient (Wildman–Crippen LogP) is 6.01. The fourth-order valence-electron chi connectivity index (χ4n) is 3.52. The van der Waals surface area contributed by atoms with E-state index in [-0.39, 0.29) is 11.7 Å². The van der Waals surface area contributed by atoms with Crippen molar-refractivity contribution in [3.8, 4) is 11.3 Å². The first-order valence-corrected chi connectivity index (χ1v) is 12.6. The van der Waals surface area contributed by atoms with Gasteiger partial charge in [-0.2, -0.15) is 0 Å². The molecule has 0 atom stereocenters. The summed E-state index contributed by atoms with van der Waals surface area (Å²) in [5, 5.41) is 7.05. The van der Waals surface area contributed by atoms with E-state index in [1.165, 1.54) is 28.7 Å². The lowest BCUT2D eigenvalue weighted by atomic mass is 10.2. The lowest BCUT2D eigenvalue weighted by molar-refractivity contribution is -0.700. The van der Waals surface area contributed by atoms with Gasteiger partial charge >= 0.3 is 5.16 Å². The van der Waals surface area contributed by atoms with E-state index in [1.807, 2.05) is 60.0 Å². The van der Waals surface area contributed by atoms with Crippen LogP contribution in [0.5, 0.6) is 0 Å². The van der Waals surface area contributed by atoms with Crippen molar-refractivity contribution in [3.05, 3.63) is 94.8 Å². The molecule has 0 unspecified atom stereocenters. The normalized spacial score (nSPS) is 11.1. The zero-order chi connectivity index (χ0) is 22.6. The molecule has 0 aliphatic heterocycles. The Balaban J connectivity index is 1.28. The van der Waals surface area contributed by atoms with Crippen LogP contribution in [0.2, 0.25) is 5.02 Å². The van der Waals surface area contributed by atoms with Gasteiger partial charge in [-0.15, -0.1) is 11.3 Å². The van der Waals surface area contributed by atoms with Gasteiger partial charge in [0, 0.05) is 16.0 Å². The standard InChI is InChI=1S/C25H19ClN4OS2/c26-19-12-10-18(11-13-19)21-15-32-24(27-21)29-23(31)16-33-25-28-20-8-4-5-9-22(20)30(25)14-17-6-2-1-3-7-17/h1-13,15H,14,16H2,(H,27,29,31)/p+1. The summed E-state index contributed by atoms with van der Waals surface area (Å²) in [6.07, 6.45) is 0. The number of para-hydroxylation sites is 2. The number of benzene rings is 3. The van der Waals surface area contributed by atoms with Crippen LogP contribution in [0.4, 0.5) is 5.13 Å². The molecule has 0 saturated heterocycles. The van der Waals surface area contributed by atoms with Crippen molar-refractivity contribution in [2.75, 3.05) is 11.1 Å². The van der Waals surface area contributed by atoms with Crippen molar-refractivity contribution in [1.29, 1.82) is 0 Å². The van der Waals surface area contributed by atoms with Gasteiger partial charge in [0.15, 0.2) is 16.2 Å². The number of anilines is 1. The van der Waals surface area contributed by atoms with Gasteiger partial charge < -0.3 is 5.32 Å². The number of fused-ring (bicyclic) bond motifs is 1. The number of aromatic nitrogens is 3. The molecule has 0 bridgehead atoms. The Bertz CT molecular complexity index is 1400. The summed E-state index contributed by atoms with van der Waals surface area (Å²) in [5.41, 5.74) is 5.14. The van der Waals surface area contributed by atoms with Crippen LogP contribution >= 0.6 is 34.7 Å². The number of thiazole rings is 1. The first-order valence-electron chi connectivity index (χ1n) is 10.3. The van der Waals surface area contributed by atoms with Crippen molar-refractivity contribution in [3.63, 3.8) is 0 Å². The van der Waals surface area contributed by atoms with E-state index < -0.39 is 0 Å². The number of imidazole rings is 1. The zero-order valence-corrected chi connectivity index (χ0v) is 19.9. The number of nitrogens with one attached hydrogen (secondary N) is 2. The molecule has 1 amide bonds. The highest BCUT2D eigenvalue weighted by atomic mass is 35.5. The van der Waals surface area contributed by atoms with Gasteiger partial charge in [0.2, 0.25) is 5.91 Å². The van der Waals surface area contributed by atoms with E-state index in [2.05, 4.69) is 44.1 Å². The van der Waals surface area contributed by atoms with Crippen molar-refractivity contribution >= 4 is 56.8 Å². The van der Waals surface area contributed by atoms with Gasteiger partial charge in [-0.05, 0) is 41.6 Å². The van der Waals surface area contributed by atoms with E-state index >= 15 is 0 Å². The Hall–Kier alpha value is -3.13. The van der Waals surface area contributed by atoms with Crippen molar-refractivity contribution < 1.29 is 9.36 Å². The van der Waals surface area contributed by atoms with Crippen LogP contribution in [0, 0.1) is 0 Å². The number of thioether (sulfide) groups is 1. The molecule has 3 aromatic carbocycles. The summed E-state index contributed by atoms with van der Waals surface area (Å²) in [4.78, 5) is 20.6. The third-order valence-corrected chi connectivity index (χ3v) is 7.11. The van der Waals surface area contributed by atoms with Crippen LogP contribution in [-0.4, -0.2) is 21.6 Å². The molecule has 0 aliphatic carbocycles. The molecule has 5 nitrogen and oxygen atoms in total. The monoisotopic (exact) mass is 491 g/mol. The highest BCUT2D eigenvalue weighted by Crippen LogP contribution is 2.26. The number of hydrogen-bond acceptors (Lipinski definition) is 4. The molecule has 0 fully saturated rings. The van der Waals surface area contributed by atoms with Crippen molar-refractivity contribution in [2.45, 2.75) is 11.7 Å². The number of rotatable bonds is 7. The van der Waals surface area contributed by atoms with Gasteiger partial charge in [-0.25, -0.2) is 14.5 Å². The fourth-order valence-corrected chi connectivity index (χ4v) is 5.22. The molecular formula is C25H20ClN4OS2+. The van der Waals surface area contributed by atoms with Gasteiger partial charge in [0.1, 0.15) is 6.54 Å². The van der Waals surface area contributed by atoms with Gasteiger partial charge in [0.05, 0.1) is 11.4 Å². The maximum Gasteiger partial charge on any atom is 0.317 e. The molecule has 2 aromatic heterocycles. The SMILES string of the molecule is O=C(CSc1[nH]c2ccccc2[n+]1Cc1ccccc1)Nc1nc(-c2ccc(Cl)cc2)cs1. The molecular weight excluding hydrogens is 472 g/mol. The molecule has 5 rings (SSSR count). The van der Waals surface area contributed by atoms with E-state index in [0.29, 0.717) is 10.2 Å². The van der Waals surface area contributed by atoms with Crippen molar-refractivity contribution in [2.24, 2.45) is 0 Å². The second kappa shape index (κ2) is 9.79. The predicted molar refractivity (Wildman–Crippen MR) is 136 cm³/mol. The van der Waals surface area contributed by atoms with Crippen LogP contribution < -0.4 is 9.88 Å². The molecule has 8 heteroatoms. The van der Waals surface area contributed by atoms with Crippen LogP contribution in [0.15, 0.2) is 89.4 Å². The minimum absolute atomic E-state index is 0.0954. The average molecular weight is 492 g/mol. The first kappa shape index (κ1) is 21.7. The third-order valence-electron chi connectivity index (χ3n) is 5.10. The summed E-state index contributed by atoms with van der Waals surface area (Å²) in [5.74, 6) is 0.180. The first-order chi connectivity index (χ1) is 16.2. The highest BCUT2D eigenvalue weighted by Gasteiger charge is 2.20. The third kappa shape index (κ3) is 5.11. The molecule has 0 radical (unpaired) electrons. The molecule has 5 aromatic rings. The van der Waals surface area contributed by atoms with E-state index in [4.69, 9.17) is 11.6 Å². The lowest BCUT2D eigenvalue weighted by Gasteiger charge is -2.03. The lowest BCUT2D eigenvalue weighted by Crippen LogP contribution is -2.35. The van der Waals surface area contributed by atoms with Crippen LogP contribution in [0.25, 0.3) is 22.3 Å². The number of carbonyl (C=O) groups excluding carboxylic acids is 1. The molecule has 0 saturated carbocycles. The topological polar surface area (TPSA) is 61.7 Å². The van der Waals surface area contributed by atoms with E-state index in [0.717, 1.165) is 34.0 Å². The summed E-state index contributed by atoms with van der Waals surface area (Å²) >= 11 is 8.85. The molecule has 33 heavy (non-hydrogen) atoms. The number of H-pyrrole nitrogens is 1. The molecule has 2 N–H and O–H groups in total. The van der Waals surface area contributed by atoms with Crippen LogP contribution in [-0.2, 0) is 11.3 Å². The zero-order valence-electron chi connectivity index (χ0n) is 17.5. The number of nitrogens with zero attached hydrogens (tertiary/aromatic N) is 2. The largest absolute Gasteiger partial charge is 0.317 e. The van der Waals surface area contributed by atoms with Crippen molar-refractivity contribution in [1.82, 2.24) is 9.97 Å². The maximum atomic E-state index is 12.7. The fraction of sp³-hybridized carbons (Fsp3) is 0.0800. The average Bonchev–Trinajstić information content (AvgIpc) is 3.44. The Morgan fingerprint density at radius 3 is 2.61 bits per heavy atom. The Morgan fingerprint density at radius 2 is 1.79 bits per heavy atom. The second-order valence-corrected chi connectivity index (χ2v) is 9.66. The smallest absolute Gasteiger partial charge is 0.301 e. The quantitative estimate of drug-likeness (QED) is 0.216. The molecule has 0 spiro atoms. The summed E-state index contributed by atoms with van der Waals surface area (Å²) < 4.78 is 2.21. The Kier molecular flexibility index (Phi) is 6.44. The minimum Gasteiger partial charge on any atom is -0.301 e. The number of aromatic amines is 1. The summed E-state index contributed by atoms with van der Waals surface area (Å²) in [6.45, 7) is 0.728. The number of amides is 1. The Morgan fingerprint density at radius 1 is 1.03 bits per heavy atom. The molecule has 0 aliphatic rings. The van der Waals surface area contributed by atoms with E-state index in [9.17, 15) is 4.79 Å². The molecule has 2 heterocycles. The number of halogens is 1. The number of hydrogen-bond donors (Lipinski definition) is 2. The van der Waals surface area contributed by atoms with Crippen LogP contribution in [0.1, 0.15) is 5.56 Å². The Labute approximate surface area is 204 Å². The summed E-state index contributed by atoms with van der Waals surface area (Å²) in [6, 6.07) is 26.0. The van der Waals surface area contributed by atoms with Gasteiger partial charge in [-0.1, -0.05) is 66.2 Å². The molecule has 164 valence electrons. The minimum atomic E-state index is -0.0954. The summed E-state index contributed by atoms with van der Waals surface area (Å²) in [7, 11) is 0. The second-order valence-electron chi connectivity index (χ2n) is 7.40. The highest BCUT2D eigenvalue weighted by molar-refractivity contribution is 7.99. The number of carbonyl (C=O) groups is 1. The van der Waals surface area contributed by atoms with Gasteiger partial charge in [0.25, 0.3) is 0 Å².